The van der Waals surface area contributed by atoms with Crippen LogP contribution in [0.15, 0.2) is 30.3 Å². The van der Waals surface area contributed by atoms with Crippen LogP contribution in [-0.4, -0.2) is 11.1 Å². The van der Waals surface area contributed by atoms with Gasteiger partial charge >= 0.3 is 5.97 Å². The van der Waals surface area contributed by atoms with Crippen molar-refractivity contribution in [3.63, 3.8) is 0 Å². The number of allylic oxidation sites excluding steroid dienone is 1. The van der Waals surface area contributed by atoms with Gasteiger partial charge in [-0.1, -0.05) is 36.7 Å². The Labute approximate surface area is 94.2 Å². The Morgan fingerprint density at radius 3 is 2.80 bits per heavy atom. The van der Waals surface area contributed by atoms with E-state index < -0.39 is 5.97 Å². The van der Waals surface area contributed by atoms with E-state index in [0.29, 0.717) is 5.02 Å². The van der Waals surface area contributed by atoms with E-state index in [-0.39, 0.29) is 6.42 Å². The number of carboxylic acids is 1. The van der Waals surface area contributed by atoms with Crippen molar-refractivity contribution in [3.8, 4) is 0 Å². The Balaban J connectivity index is 2.92. The molecule has 1 rings (SSSR count). The first-order valence-electron chi connectivity index (χ1n) is 4.80. The summed E-state index contributed by atoms with van der Waals surface area (Å²) in [6.07, 6.45) is 2.58. The van der Waals surface area contributed by atoms with Gasteiger partial charge in [0.1, 0.15) is 0 Å². The van der Waals surface area contributed by atoms with Gasteiger partial charge < -0.3 is 5.11 Å². The van der Waals surface area contributed by atoms with Gasteiger partial charge in [0.05, 0.1) is 6.42 Å². The van der Waals surface area contributed by atoms with Crippen LogP contribution in [-0.2, 0) is 4.79 Å². The van der Waals surface area contributed by atoms with Gasteiger partial charge in [-0.2, -0.15) is 0 Å². The van der Waals surface area contributed by atoms with Crippen molar-refractivity contribution in [2.45, 2.75) is 19.8 Å². The third-order valence-corrected chi connectivity index (χ3v) is 2.33. The third kappa shape index (κ3) is 3.76. The SMILES string of the molecule is CC/C(=C\CC(=O)O)c1cccc(Cl)c1. The summed E-state index contributed by atoms with van der Waals surface area (Å²) in [5, 5.41) is 9.26. The molecule has 0 aliphatic carbocycles. The normalized spacial score (nSPS) is 11.5. The first kappa shape index (κ1) is 11.8. The lowest BCUT2D eigenvalue weighted by atomic mass is 10.0. The van der Waals surface area contributed by atoms with Gasteiger partial charge in [-0.15, -0.1) is 0 Å². The molecule has 1 N–H and O–H groups in total. The third-order valence-electron chi connectivity index (χ3n) is 2.10. The fourth-order valence-electron chi connectivity index (χ4n) is 1.37. The summed E-state index contributed by atoms with van der Waals surface area (Å²) in [6, 6.07) is 7.44. The van der Waals surface area contributed by atoms with Crippen LogP contribution in [0.2, 0.25) is 5.02 Å². The molecule has 0 unspecified atom stereocenters. The zero-order chi connectivity index (χ0) is 11.3. The van der Waals surface area contributed by atoms with Gasteiger partial charge in [-0.25, -0.2) is 0 Å². The minimum atomic E-state index is -0.817. The predicted octanol–water partition coefficient (Wildman–Crippen LogP) is 3.61. The average molecular weight is 225 g/mol. The minimum Gasteiger partial charge on any atom is -0.481 e. The molecule has 0 aromatic heterocycles. The second-order valence-corrected chi connectivity index (χ2v) is 3.63. The van der Waals surface area contributed by atoms with Crippen molar-refractivity contribution < 1.29 is 9.90 Å². The Bertz CT molecular complexity index is 383. The fraction of sp³-hybridized carbons (Fsp3) is 0.250. The van der Waals surface area contributed by atoms with E-state index in [0.717, 1.165) is 17.6 Å². The lowest BCUT2D eigenvalue weighted by molar-refractivity contribution is -0.135. The average Bonchev–Trinajstić information content (AvgIpc) is 2.18. The van der Waals surface area contributed by atoms with Gasteiger partial charge in [0.15, 0.2) is 0 Å². The molecule has 0 aliphatic heterocycles. The highest BCUT2D eigenvalue weighted by Crippen LogP contribution is 2.21. The molecule has 0 heterocycles. The van der Waals surface area contributed by atoms with E-state index in [1.807, 2.05) is 25.1 Å². The molecule has 3 heteroatoms. The van der Waals surface area contributed by atoms with E-state index in [4.69, 9.17) is 16.7 Å². The Kier molecular flexibility index (Phi) is 4.37. The number of carboxylic acid groups (broad SMARTS) is 1. The van der Waals surface area contributed by atoms with Crippen LogP contribution in [0.4, 0.5) is 0 Å². The summed E-state index contributed by atoms with van der Waals surface area (Å²) in [5.41, 5.74) is 2.01. The molecule has 0 aliphatic rings. The standard InChI is InChI=1S/C12H13ClO2/c1-2-9(6-7-12(14)15)10-4-3-5-11(13)8-10/h3-6,8H,2,7H2,1H3,(H,14,15)/b9-6+. The first-order chi connectivity index (χ1) is 7.13. The van der Waals surface area contributed by atoms with Crippen molar-refractivity contribution in [1.29, 1.82) is 0 Å². The second kappa shape index (κ2) is 5.56. The molecule has 0 fully saturated rings. The molecule has 0 radical (unpaired) electrons. The number of aliphatic carboxylic acids is 1. The van der Waals surface area contributed by atoms with Gasteiger partial charge in [0.25, 0.3) is 0 Å². The van der Waals surface area contributed by atoms with Gasteiger partial charge in [0, 0.05) is 5.02 Å². The molecule has 0 spiro atoms. The van der Waals surface area contributed by atoms with Gasteiger partial charge in [-0.05, 0) is 29.7 Å². The van der Waals surface area contributed by atoms with Crippen molar-refractivity contribution in [2.75, 3.05) is 0 Å². The van der Waals surface area contributed by atoms with Crippen LogP contribution in [0, 0.1) is 0 Å². The quantitative estimate of drug-likeness (QED) is 0.849. The van der Waals surface area contributed by atoms with E-state index >= 15 is 0 Å². The highest BCUT2D eigenvalue weighted by atomic mass is 35.5. The summed E-state index contributed by atoms with van der Waals surface area (Å²) < 4.78 is 0. The monoisotopic (exact) mass is 224 g/mol. The number of rotatable bonds is 4. The van der Waals surface area contributed by atoms with Gasteiger partial charge in [0.2, 0.25) is 0 Å². The molecule has 1 aromatic carbocycles. The smallest absolute Gasteiger partial charge is 0.307 e. The largest absolute Gasteiger partial charge is 0.481 e. The maximum absolute atomic E-state index is 10.4. The van der Waals surface area contributed by atoms with Crippen LogP contribution in [0.5, 0.6) is 0 Å². The molecule has 80 valence electrons. The van der Waals surface area contributed by atoms with Gasteiger partial charge in [-0.3, -0.25) is 4.79 Å². The number of carbonyl (C=O) groups is 1. The number of benzene rings is 1. The van der Waals surface area contributed by atoms with Crippen LogP contribution in [0.25, 0.3) is 5.57 Å². The number of hydrogen-bond acceptors (Lipinski definition) is 1. The van der Waals surface area contributed by atoms with Crippen LogP contribution in [0.3, 0.4) is 0 Å². The van der Waals surface area contributed by atoms with Crippen LogP contribution < -0.4 is 0 Å². The lowest BCUT2D eigenvalue weighted by Crippen LogP contribution is -1.92. The van der Waals surface area contributed by atoms with E-state index in [9.17, 15) is 4.79 Å². The highest BCUT2D eigenvalue weighted by molar-refractivity contribution is 6.30. The summed E-state index contributed by atoms with van der Waals surface area (Å²) in [4.78, 5) is 10.4. The molecule has 0 bridgehead atoms. The summed E-state index contributed by atoms with van der Waals surface area (Å²) in [5.74, 6) is -0.817. The van der Waals surface area contributed by atoms with E-state index in [2.05, 4.69) is 0 Å². The van der Waals surface area contributed by atoms with Crippen molar-refractivity contribution in [2.24, 2.45) is 0 Å². The second-order valence-electron chi connectivity index (χ2n) is 3.19. The topological polar surface area (TPSA) is 37.3 Å². The molecule has 1 aromatic rings. The number of halogens is 1. The molecule has 0 saturated heterocycles. The van der Waals surface area contributed by atoms with E-state index in [1.165, 1.54) is 0 Å². The lowest BCUT2D eigenvalue weighted by Gasteiger charge is -2.04. The zero-order valence-corrected chi connectivity index (χ0v) is 9.29. The molecule has 2 nitrogen and oxygen atoms in total. The van der Waals surface area contributed by atoms with Crippen molar-refractivity contribution in [1.82, 2.24) is 0 Å². The fourth-order valence-corrected chi connectivity index (χ4v) is 1.56. The molecule has 15 heavy (non-hydrogen) atoms. The van der Waals surface area contributed by atoms with Crippen LogP contribution >= 0.6 is 11.6 Å². The highest BCUT2D eigenvalue weighted by Gasteiger charge is 2.01. The number of hydrogen-bond donors (Lipinski definition) is 1. The van der Waals surface area contributed by atoms with Crippen LogP contribution in [0.1, 0.15) is 25.3 Å². The molecule has 0 saturated carbocycles. The maximum Gasteiger partial charge on any atom is 0.307 e. The van der Waals surface area contributed by atoms with E-state index in [1.54, 1.807) is 12.1 Å². The van der Waals surface area contributed by atoms with Crippen molar-refractivity contribution >= 4 is 23.1 Å². The summed E-state index contributed by atoms with van der Waals surface area (Å²) in [6.45, 7) is 1.99. The predicted molar refractivity (Wildman–Crippen MR) is 62.0 cm³/mol. The summed E-state index contributed by atoms with van der Waals surface area (Å²) >= 11 is 5.87. The maximum atomic E-state index is 10.4. The Morgan fingerprint density at radius 1 is 1.53 bits per heavy atom. The molecular weight excluding hydrogens is 212 g/mol. The zero-order valence-electron chi connectivity index (χ0n) is 8.53. The molecule has 0 atom stereocenters. The summed E-state index contributed by atoms with van der Waals surface area (Å²) in [7, 11) is 0. The molecule has 0 amide bonds. The van der Waals surface area contributed by atoms with Crippen molar-refractivity contribution in [3.05, 3.63) is 40.9 Å². The first-order valence-corrected chi connectivity index (χ1v) is 5.18. The Hall–Kier alpha value is -1.28. The minimum absolute atomic E-state index is 0.0513. The Morgan fingerprint density at radius 2 is 2.27 bits per heavy atom. The molecular formula is C12H13ClO2.